The van der Waals surface area contributed by atoms with E-state index >= 15 is 0 Å². The molecule has 1 aromatic heterocycles. The van der Waals surface area contributed by atoms with Gasteiger partial charge in [0.05, 0.1) is 0 Å². The van der Waals surface area contributed by atoms with Gasteiger partial charge < -0.3 is 20.4 Å². The summed E-state index contributed by atoms with van der Waals surface area (Å²) in [4.78, 5) is 32.8. The molecule has 0 radical (unpaired) electrons. The van der Waals surface area contributed by atoms with Gasteiger partial charge in [-0.1, -0.05) is 22.0 Å². The first-order valence-corrected chi connectivity index (χ1v) is 10.1. The van der Waals surface area contributed by atoms with Crippen molar-refractivity contribution in [3.05, 3.63) is 52.6 Å². The zero-order valence-electron chi connectivity index (χ0n) is 15.8. The fraction of sp³-hybridized carbons (Fsp3) is 0.350. The van der Waals surface area contributed by atoms with E-state index in [-0.39, 0.29) is 18.4 Å². The molecule has 1 fully saturated rings. The molecular weight excluding hydrogens is 422 g/mol. The summed E-state index contributed by atoms with van der Waals surface area (Å²) < 4.78 is 0.963. The number of pyridine rings is 1. The molecule has 1 saturated heterocycles. The van der Waals surface area contributed by atoms with Crippen LogP contribution in [0.3, 0.4) is 0 Å². The van der Waals surface area contributed by atoms with Gasteiger partial charge in [0.25, 0.3) is 0 Å². The minimum atomic E-state index is -0.307. The highest BCUT2D eigenvalue weighted by Gasteiger charge is 2.21. The first kappa shape index (κ1) is 20.1. The predicted octanol–water partition coefficient (Wildman–Crippen LogP) is 3.01. The predicted molar refractivity (Wildman–Crippen MR) is 114 cm³/mol. The van der Waals surface area contributed by atoms with Crippen molar-refractivity contribution in [3.63, 3.8) is 0 Å². The third-order valence-electron chi connectivity index (χ3n) is 4.67. The lowest BCUT2D eigenvalue weighted by atomic mass is 10.2. The second-order valence-corrected chi connectivity index (χ2v) is 7.56. The van der Waals surface area contributed by atoms with Crippen molar-refractivity contribution in [2.45, 2.75) is 13.3 Å². The minimum absolute atomic E-state index is 0.0563. The standard InChI is InChI=1S/C20H24BrN5O2/c1-15-14-16(21)5-6-17(15)24-20(28)23-9-7-19(27)26-12-10-25(11-13-26)18-4-2-3-8-22-18/h2-6,8,14H,7,9-13H2,1H3,(H2,23,24,28). The van der Waals surface area contributed by atoms with Crippen molar-refractivity contribution in [3.8, 4) is 0 Å². The molecule has 0 saturated carbocycles. The maximum absolute atomic E-state index is 12.4. The van der Waals surface area contributed by atoms with Crippen LogP contribution in [0.4, 0.5) is 16.3 Å². The second kappa shape index (κ2) is 9.54. The quantitative estimate of drug-likeness (QED) is 0.741. The van der Waals surface area contributed by atoms with E-state index in [4.69, 9.17) is 0 Å². The lowest BCUT2D eigenvalue weighted by Gasteiger charge is -2.35. The maximum atomic E-state index is 12.4. The van der Waals surface area contributed by atoms with Crippen LogP contribution >= 0.6 is 15.9 Å². The number of hydrogen-bond donors (Lipinski definition) is 2. The van der Waals surface area contributed by atoms with Crippen molar-refractivity contribution in [1.29, 1.82) is 0 Å². The molecule has 148 valence electrons. The number of carbonyl (C=O) groups excluding carboxylic acids is 2. The van der Waals surface area contributed by atoms with Gasteiger partial charge in [-0.2, -0.15) is 0 Å². The fourth-order valence-corrected chi connectivity index (χ4v) is 3.58. The normalized spacial score (nSPS) is 13.9. The molecule has 2 N–H and O–H groups in total. The number of nitrogens with one attached hydrogen (secondary N) is 2. The molecule has 0 atom stereocenters. The average Bonchev–Trinajstić information content (AvgIpc) is 2.71. The molecule has 0 aliphatic carbocycles. The molecule has 8 heteroatoms. The Morgan fingerprint density at radius 2 is 1.93 bits per heavy atom. The molecule has 0 bridgehead atoms. The van der Waals surface area contributed by atoms with Gasteiger partial charge in [-0.3, -0.25) is 4.79 Å². The summed E-state index contributed by atoms with van der Waals surface area (Å²) in [5.41, 5.74) is 1.71. The molecule has 3 amide bonds. The summed E-state index contributed by atoms with van der Waals surface area (Å²) >= 11 is 3.40. The van der Waals surface area contributed by atoms with Gasteiger partial charge in [-0.15, -0.1) is 0 Å². The topological polar surface area (TPSA) is 77.6 Å². The molecule has 0 spiro atoms. The Balaban J connectivity index is 1.38. The van der Waals surface area contributed by atoms with Gasteiger partial charge in [-0.25, -0.2) is 9.78 Å². The SMILES string of the molecule is Cc1cc(Br)ccc1NC(=O)NCCC(=O)N1CCN(c2ccccn2)CC1. The molecule has 2 aromatic rings. The zero-order chi connectivity index (χ0) is 19.9. The summed E-state index contributed by atoms with van der Waals surface area (Å²) in [6, 6.07) is 11.2. The van der Waals surface area contributed by atoms with Crippen molar-refractivity contribution in [2.24, 2.45) is 0 Å². The molecule has 1 aliphatic rings. The number of carbonyl (C=O) groups is 2. The number of hydrogen-bond acceptors (Lipinski definition) is 4. The molecule has 1 aliphatic heterocycles. The van der Waals surface area contributed by atoms with E-state index in [1.54, 1.807) is 6.20 Å². The highest BCUT2D eigenvalue weighted by molar-refractivity contribution is 9.10. The monoisotopic (exact) mass is 445 g/mol. The third-order valence-corrected chi connectivity index (χ3v) is 5.16. The number of halogens is 1. The number of piperazine rings is 1. The van der Waals surface area contributed by atoms with Crippen LogP contribution in [-0.4, -0.2) is 54.5 Å². The molecule has 28 heavy (non-hydrogen) atoms. The molecule has 0 unspecified atom stereocenters. The Morgan fingerprint density at radius 1 is 1.14 bits per heavy atom. The molecule has 1 aromatic carbocycles. The number of nitrogens with zero attached hydrogens (tertiary/aromatic N) is 3. The summed E-state index contributed by atoms with van der Waals surface area (Å²) in [6.45, 7) is 5.09. The Morgan fingerprint density at radius 3 is 2.61 bits per heavy atom. The number of anilines is 2. The summed E-state index contributed by atoms with van der Waals surface area (Å²) in [6.07, 6.45) is 2.07. The number of urea groups is 1. The summed E-state index contributed by atoms with van der Waals surface area (Å²) in [7, 11) is 0. The maximum Gasteiger partial charge on any atom is 0.319 e. The van der Waals surface area contributed by atoms with Crippen LogP contribution < -0.4 is 15.5 Å². The van der Waals surface area contributed by atoms with E-state index in [9.17, 15) is 9.59 Å². The molecule has 2 heterocycles. The Bertz CT molecular complexity index is 823. The highest BCUT2D eigenvalue weighted by Crippen LogP contribution is 2.19. The summed E-state index contributed by atoms with van der Waals surface area (Å²) in [5, 5.41) is 5.55. The molecule has 7 nitrogen and oxygen atoms in total. The summed E-state index contributed by atoms with van der Waals surface area (Å²) in [5.74, 6) is 0.997. The van der Waals surface area contributed by atoms with Crippen molar-refractivity contribution >= 4 is 39.4 Å². The van der Waals surface area contributed by atoms with Crippen LogP contribution in [0.5, 0.6) is 0 Å². The van der Waals surface area contributed by atoms with Crippen molar-refractivity contribution in [2.75, 3.05) is 42.9 Å². The lowest BCUT2D eigenvalue weighted by molar-refractivity contribution is -0.131. The highest BCUT2D eigenvalue weighted by atomic mass is 79.9. The van der Waals surface area contributed by atoms with E-state index in [0.29, 0.717) is 19.6 Å². The number of benzene rings is 1. The van der Waals surface area contributed by atoms with Crippen LogP contribution in [0.15, 0.2) is 47.1 Å². The zero-order valence-corrected chi connectivity index (χ0v) is 17.4. The first-order valence-electron chi connectivity index (χ1n) is 9.27. The van der Waals surface area contributed by atoms with Gasteiger partial charge in [0.2, 0.25) is 5.91 Å². The van der Waals surface area contributed by atoms with E-state index in [0.717, 1.165) is 34.6 Å². The van der Waals surface area contributed by atoms with Crippen LogP contribution in [0.2, 0.25) is 0 Å². The Labute approximate surface area is 173 Å². The average molecular weight is 446 g/mol. The number of amides is 3. The third kappa shape index (κ3) is 5.45. The van der Waals surface area contributed by atoms with E-state index in [1.165, 1.54) is 0 Å². The van der Waals surface area contributed by atoms with Gasteiger partial charge in [-0.05, 0) is 42.8 Å². The van der Waals surface area contributed by atoms with Crippen LogP contribution in [-0.2, 0) is 4.79 Å². The van der Waals surface area contributed by atoms with Gasteiger partial charge in [0.1, 0.15) is 5.82 Å². The molecular formula is C20H24BrN5O2. The van der Waals surface area contributed by atoms with E-state index < -0.39 is 0 Å². The lowest BCUT2D eigenvalue weighted by Crippen LogP contribution is -2.49. The minimum Gasteiger partial charge on any atom is -0.353 e. The smallest absolute Gasteiger partial charge is 0.319 e. The fourth-order valence-electron chi connectivity index (χ4n) is 3.10. The number of aromatic nitrogens is 1. The Kier molecular flexibility index (Phi) is 6.86. The van der Waals surface area contributed by atoms with Crippen LogP contribution in [0.25, 0.3) is 0 Å². The van der Waals surface area contributed by atoms with Gasteiger partial charge in [0.15, 0.2) is 0 Å². The van der Waals surface area contributed by atoms with Crippen LogP contribution in [0.1, 0.15) is 12.0 Å². The first-order chi connectivity index (χ1) is 13.5. The number of rotatable bonds is 5. The van der Waals surface area contributed by atoms with Crippen LogP contribution in [0, 0.1) is 6.92 Å². The number of aryl methyl sites for hydroxylation is 1. The van der Waals surface area contributed by atoms with Crippen molar-refractivity contribution < 1.29 is 9.59 Å². The van der Waals surface area contributed by atoms with Gasteiger partial charge in [0, 0.05) is 55.5 Å². The molecule has 3 rings (SSSR count). The second-order valence-electron chi connectivity index (χ2n) is 6.65. The largest absolute Gasteiger partial charge is 0.353 e. The Hall–Kier alpha value is -2.61. The van der Waals surface area contributed by atoms with Gasteiger partial charge >= 0.3 is 6.03 Å². The van der Waals surface area contributed by atoms with E-state index in [1.807, 2.05) is 48.2 Å². The van der Waals surface area contributed by atoms with Crippen molar-refractivity contribution in [1.82, 2.24) is 15.2 Å². The van der Waals surface area contributed by atoms with E-state index in [2.05, 4.69) is 36.4 Å².